The Morgan fingerprint density at radius 2 is 1.80 bits per heavy atom. The zero-order valence-corrected chi connectivity index (χ0v) is 25.3. The predicted molar refractivity (Wildman–Crippen MR) is 158 cm³/mol. The van der Waals surface area contributed by atoms with Crippen LogP contribution >= 0.6 is 0 Å². The van der Waals surface area contributed by atoms with Crippen molar-refractivity contribution in [2.75, 3.05) is 7.11 Å². The van der Waals surface area contributed by atoms with Gasteiger partial charge in [-0.2, -0.15) is 0 Å². The normalized spacial score (nSPS) is 21.7. The summed E-state index contributed by atoms with van der Waals surface area (Å²) in [6.07, 6.45) is 7.90. The number of benzene rings is 1. The first kappa shape index (κ1) is 29.8. The number of aromatic nitrogens is 4. The molecule has 3 aliphatic rings. The second kappa shape index (κ2) is 11.0. The molecule has 3 saturated carbocycles. The van der Waals surface area contributed by atoms with Crippen LogP contribution in [-0.2, 0) is 31.9 Å². The molecule has 0 radical (unpaired) electrons. The van der Waals surface area contributed by atoms with Crippen LogP contribution in [0.1, 0.15) is 49.6 Å². The smallest absolute Gasteiger partial charge is 0.309 e. The minimum atomic E-state index is -4.20. The third kappa shape index (κ3) is 5.13. The van der Waals surface area contributed by atoms with E-state index in [1.165, 1.54) is 37.7 Å². The van der Waals surface area contributed by atoms with Crippen molar-refractivity contribution in [3.05, 3.63) is 77.3 Å². The van der Waals surface area contributed by atoms with Crippen molar-refractivity contribution in [2.24, 2.45) is 23.7 Å². The monoisotopic (exact) mass is 619 g/mol. The Morgan fingerprint density at radius 1 is 1.11 bits per heavy atom. The number of halogens is 2. The molecule has 3 aliphatic carbocycles. The van der Waals surface area contributed by atoms with Gasteiger partial charge < -0.3 is 4.74 Å². The fourth-order valence-corrected chi connectivity index (χ4v) is 8.21. The van der Waals surface area contributed by atoms with Gasteiger partial charge in [0.25, 0.3) is 15.9 Å². The van der Waals surface area contributed by atoms with Gasteiger partial charge in [0.05, 0.1) is 30.2 Å². The van der Waals surface area contributed by atoms with E-state index in [1.54, 1.807) is 12.1 Å². The molecule has 7 rings (SSSR count). The molecule has 2 atom stereocenters. The summed E-state index contributed by atoms with van der Waals surface area (Å²) in [6, 6.07) is 7.45. The number of nitrogens with zero attached hydrogens (tertiary/aromatic N) is 5. The Balaban J connectivity index is 1.51. The maximum absolute atomic E-state index is 14.5. The Bertz CT molecular complexity index is 1900. The lowest BCUT2D eigenvalue weighted by Crippen LogP contribution is -2.45. The number of esters is 1. The number of aryl methyl sites for hydroxylation is 1. The Hall–Kier alpha value is -4.24. The van der Waals surface area contributed by atoms with Gasteiger partial charge in [0.1, 0.15) is 5.82 Å². The number of fused-ring (bicyclic) bond motifs is 4. The van der Waals surface area contributed by atoms with Crippen LogP contribution in [-0.4, -0.2) is 40.4 Å². The second-order valence-electron chi connectivity index (χ2n) is 11.9. The predicted octanol–water partition coefficient (Wildman–Crippen LogP) is 6.47. The van der Waals surface area contributed by atoms with Crippen molar-refractivity contribution in [1.29, 1.82) is 0 Å². The maximum Gasteiger partial charge on any atom is 0.309 e. The Labute approximate surface area is 254 Å². The molecule has 9 nitrogen and oxygen atoms in total. The number of hydrogen-bond donors (Lipinski definition) is 0. The van der Waals surface area contributed by atoms with Crippen molar-refractivity contribution in [1.82, 2.24) is 18.9 Å². The van der Waals surface area contributed by atoms with Crippen LogP contribution in [0.25, 0.3) is 27.1 Å². The molecule has 3 aromatic heterocycles. The average molecular weight is 620 g/mol. The van der Waals surface area contributed by atoms with Crippen molar-refractivity contribution in [3.63, 3.8) is 0 Å². The van der Waals surface area contributed by atoms with E-state index < -0.39 is 21.5 Å². The highest BCUT2D eigenvalue weighted by molar-refractivity contribution is 7.90. The van der Waals surface area contributed by atoms with E-state index in [0.717, 1.165) is 48.3 Å². The van der Waals surface area contributed by atoms with Crippen LogP contribution in [0.5, 0.6) is 0 Å². The maximum atomic E-state index is 14.5. The summed E-state index contributed by atoms with van der Waals surface area (Å²) in [4.78, 5) is 29.7. The number of hydrogen-bond acceptors (Lipinski definition) is 7. The van der Waals surface area contributed by atoms with Gasteiger partial charge in [-0.05, 0) is 68.6 Å². The summed E-state index contributed by atoms with van der Waals surface area (Å²) < 4.78 is 62.6. The average Bonchev–Trinajstić information content (AvgIpc) is 3.41. The van der Waals surface area contributed by atoms with Crippen molar-refractivity contribution in [3.8, 4) is 11.3 Å². The van der Waals surface area contributed by atoms with E-state index in [9.17, 15) is 22.0 Å². The lowest BCUT2D eigenvalue weighted by atomic mass is 9.57. The number of alkyl halides is 2. The van der Waals surface area contributed by atoms with E-state index in [2.05, 4.69) is 14.8 Å². The summed E-state index contributed by atoms with van der Waals surface area (Å²) in [6.45, 7) is 10.4. The standard InChI is InChI=1S/C32H31F2N5O4S/c1-18-5-11-22(12-6-18)44(41,42)39-17-25(24-13-21(32(2,33)34)15-37-30(24)39)29-26(35-3)16-36-27(38-29)14-23-19-7-9-20(10-8-19)28(23)31(40)43-4/h5-6,11-13,15-17,19-20,23,28H,7-10,14H2,1-2,4H3/t19?,20?,23-,28-/m0/s1. The number of rotatable bonds is 7. The van der Waals surface area contributed by atoms with E-state index in [4.69, 9.17) is 16.3 Å². The summed E-state index contributed by atoms with van der Waals surface area (Å²) >= 11 is 0. The summed E-state index contributed by atoms with van der Waals surface area (Å²) in [5, 5.41) is 0.110. The molecular weight excluding hydrogens is 588 g/mol. The fourth-order valence-electron chi connectivity index (χ4n) is 6.89. The van der Waals surface area contributed by atoms with Gasteiger partial charge in [0.2, 0.25) is 5.69 Å². The van der Waals surface area contributed by atoms with Crippen molar-refractivity contribution >= 4 is 32.7 Å². The summed E-state index contributed by atoms with van der Waals surface area (Å²) in [7, 11) is -2.81. The van der Waals surface area contributed by atoms with Gasteiger partial charge in [0, 0.05) is 48.4 Å². The van der Waals surface area contributed by atoms with Crippen LogP contribution in [0.15, 0.2) is 53.8 Å². The molecule has 0 N–H and O–H groups in total. The lowest BCUT2D eigenvalue weighted by Gasteiger charge is -2.47. The fraction of sp³-hybridized carbons (Fsp3) is 0.406. The molecule has 3 heterocycles. The molecule has 228 valence electrons. The molecule has 4 aromatic rings. The van der Waals surface area contributed by atoms with Gasteiger partial charge in [-0.3, -0.25) is 9.78 Å². The van der Waals surface area contributed by atoms with Crippen LogP contribution in [0.4, 0.5) is 14.5 Å². The molecule has 1 aromatic carbocycles. The van der Waals surface area contributed by atoms with Gasteiger partial charge in [-0.25, -0.2) is 36.0 Å². The van der Waals surface area contributed by atoms with Gasteiger partial charge in [-0.1, -0.05) is 17.7 Å². The zero-order valence-electron chi connectivity index (χ0n) is 24.5. The first-order chi connectivity index (χ1) is 20.9. The van der Waals surface area contributed by atoms with Crippen LogP contribution in [0.3, 0.4) is 0 Å². The van der Waals surface area contributed by atoms with E-state index in [-0.39, 0.29) is 56.6 Å². The van der Waals surface area contributed by atoms with E-state index in [1.807, 2.05) is 6.92 Å². The molecule has 12 heteroatoms. The molecule has 44 heavy (non-hydrogen) atoms. The third-order valence-corrected chi connectivity index (χ3v) is 10.8. The summed E-state index contributed by atoms with van der Waals surface area (Å²) in [5.74, 6) is -2.91. The Kier molecular flexibility index (Phi) is 7.48. The molecule has 3 fully saturated rings. The number of methoxy groups -OCH3 is 1. The third-order valence-electron chi connectivity index (χ3n) is 9.17. The highest BCUT2D eigenvalue weighted by Crippen LogP contribution is 2.50. The minimum Gasteiger partial charge on any atom is -0.469 e. The number of pyridine rings is 1. The van der Waals surface area contributed by atoms with Gasteiger partial charge >= 0.3 is 5.97 Å². The van der Waals surface area contributed by atoms with Crippen LogP contribution < -0.4 is 0 Å². The molecule has 2 bridgehead atoms. The van der Waals surface area contributed by atoms with Crippen molar-refractivity contribution in [2.45, 2.75) is 56.8 Å². The van der Waals surface area contributed by atoms with Gasteiger partial charge in [-0.15, -0.1) is 0 Å². The Morgan fingerprint density at radius 3 is 2.43 bits per heavy atom. The highest BCUT2D eigenvalue weighted by Gasteiger charge is 2.47. The number of carbonyl (C=O) groups is 1. The SMILES string of the molecule is [C-]#[N+]c1cnc(C[C@H]2C3CCC(CC3)[C@@H]2C(=O)OC)nc1-c1cn(S(=O)(=O)c2ccc(C)cc2)c2ncc(C(C)(F)F)cc12. The van der Waals surface area contributed by atoms with Crippen LogP contribution in [0.2, 0.25) is 0 Å². The molecule has 0 spiro atoms. The number of carbonyl (C=O) groups excluding carboxylic acids is 1. The molecule has 0 amide bonds. The topological polar surface area (TPSA) is 108 Å². The lowest BCUT2D eigenvalue weighted by molar-refractivity contribution is -0.156. The minimum absolute atomic E-state index is 0.00627. The molecule has 0 aliphatic heterocycles. The second-order valence-corrected chi connectivity index (χ2v) is 13.7. The van der Waals surface area contributed by atoms with Crippen LogP contribution in [0, 0.1) is 37.2 Å². The molecule has 0 unspecified atom stereocenters. The number of ether oxygens (including phenoxy) is 1. The van der Waals surface area contributed by atoms with E-state index >= 15 is 0 Å². The highest BCUT2D eigenvalue weighted by atomic mass is 32.2. The van der Waals surface area contributed by atoms with E-state index in [0.29, 0.717) is 18.2 Å². The molecular formula is C32H31F2N5O4S. The first-order valence-corrected chi connectivity index (χ1v) is 15.9. The largest absolute Gasteiger partial charge is 0.469 e. The first-order valence-electron chi connectivity index (χ1n) is 14.5. The van der Waals surface area contributed by atoms with Gasteiger partial charge in [0.15, 0.2) is 5.65 Å². The van der Waals surface area contributed by atoms with Crippen molar-refractivity contribution < 1.29 is 26.7 Å². The molecule has 0 saturated heterocycles. The summed E-state index contributed by atoms with van der Waals surface area (Å²) in [5.41, 5.74) is 0.699. The zero-order chi connectivity index (χ0) is 31.4. The quantitative estimate of drug-likeness (QED) is 0.172.